The van der Waals surface area contributed by atoms with Gasteiger partial charge in [-0.3, -0.25) is 9.59 Å². The number of carbonyl (C=O) groups excluding carboxylic acids is 2. The second-order valence-electron chi connectivity index (χ2n) is 6.44. The SMILES string of the molecule is CC(=O)N1CCN(S(=O)(=O)c2cccc(C(=O)N(C)C(C)CN)c2)CC1.Cl. The molecule has 10 heteroatoms. The molecule has 0 aromatic heterocycles. The Morgan fingerprint density at radius 2 is 1.81 bits per heavy atom. The maximum Gasteiger partial charge on any atom is 0.253 e. The van der Waals surface area contributed by atoms with Gasteiger partial charge in [-0.1, -0.05) is 6.07 Å². The van der Waals surface area contributed by atoms with Crippen LogP contribution in [0.1, 0.15) is 24.2 Å². The molecule has 0 radical (unpaired) electrons. The first kappa shape index (κ1) is 23.4. The molecule has 0 saturated carbocycles. The van der Waals surface area contributed by atoms with Crippen LogP contribution in [0.15, 0.2) is 29.2 Å². The van der Waals surface area contributed by atoms with E-state index in [4.69, 9.17) is 5.73 Å². The van der Waals surface area contributed by atoms with Crippen molar-refractivity contribution < 1.29 is 18.0 Å². The number of piperazine rings is 1. The number of nitrogens with two attached hydrogens (primary N) is 1. The van der Waals surface area contributed by atoms with Crippen LogP contribution in [0, 0.1) is 0 Å². The molecule has 2 N–H and O–H groups in total. The number of likely N-dealkylation sites (N-methyl/N-ethyl adjacent to an activating group) is 1. The monoisotopic (exact) mass is 418 g/mol. The van der Waals surface area contributed by atoms with Crippen LogP contribution in [0.5, 0.6) is 0 Å². The molecule has 2 rings (SSSR count). The molecule has 1 fully saturated rings. The molecule has 8 nitrogen and oxygen atoms in total. The van der Waals surface area contributed by atoms with Crippen LogP contribution in [-0.4, -0.2) is 80.2 Å². The fourth-order valence-corrected chi connectivity index (χ4v) is 4.21. The van der Waals surface area contributed by atoms with Crippen molar-refractivity contribution >= 4 is 34.2 Å². The van der Waals surface area contributed by atoms with E-state index in [-0.39, 0.29) is 48.2 Å². The Bertz CT molecular complexity index is 779. The minimum absolute atomic E-state index is 0. The van der Waals surface area contributed by atoms with Crippen molar-refractivity contribution in [3.63, 3.8) is 0 Å². The number of sulfonamides is 1. The Morgan fingerprint density at radius 3 is 2.33 bits per heavy atom. The standard InChI is InChI=1S/C17H26N4O4S.ClH/c1-13(12-18)19(3)17(23)15-5-4-6-16(11-15)26(24,25)21-9-7-20(8-10-21)14(2)22;/h4-6,11,13H,7-10,12,18H2,1-3H3;1H. The summed E-state index contributed by atoms with van der Waals surface area (Å²) in [6, 6.07) is 5.88. The number of hydrogen-bond acceptors (Lipinski definition) is 5. The molecule has 2 amide bonds. The van der Waals surface area contributed by atoms with Crippen molar-refractivity contribution in [3.05, 3.63) is 29.8 Å². The number of halogens is 1. The Labute approximate surface area is 166 Å². The molecule has 0 spiro atoms. The lowest BCUT2D eigenvalue weighted by Crippen LogP contribution is -2.49. The Hall–Kier alpha value is -1.68. The van der Waals surface area contributed by atoms with E-state index in [1.165, 1.54) is 28.3 Å². The van der Waals surface area contributed by atoms with Crippen LogP contribution in [0.25, 0.3) is 0 Å². The van der Waals surface area contributed by atoms with Crippen molar-refractivity contribution in [1.29, 1.82) is 0 Å². The molecule has 0 aliphatic carbocycles. The summed E-state index contributed by atoms with van der Waals surface area (Å²) >= 11 is 0. The highest BCUT2D eigenvalue weighted by Gasteiger charge is 2.30. The van der Waals surface area contributed by atoms with Gasteiger partial charge < -0.3 is 15.5 Å². The maximum absolute atomic E-state index is 12.9. The predicted molar refractivity (Wildman–Crippen MR) is 105 cm³/mol. The molecule has 1 aromatic carbocycles. The first-order chi connectivity index (χ1) is 12.2. The molecule has 1 aromatic rings. The van der Waals surface area contributed by atoms with Crippen molar-refractivity contribution in [2.75, 3.05) is 39.8 Å². The zero-order valence-corrected chi connectivity index (χ0v) is 17.4. The average Bonchev–Trinajstić information content (AvgIpc) is 2.66. The fraction of sp³-hybridized carbons (Fsp3) is 0.529. The smallest absolute Gasteiger partial charge is 0.253 e. The molecule has 1 unspecified atom stereocenters. The number of amides is 2. The quantitative estimate of drug-likeness (QED) is 0.744. The van der Waals surface area contributed by atoms with E-state index in [1.807, 2.05) is 6.92 Å². The summed E-state index contributed by atoms with van der Waals surface area (Å²) in [6.07, 6.45) is 0. The van der Waals surface area contributed by atoms with Crippen LogP contribution >= 0.6 is 12.4 Å². The highest BCUT2D eigenvalue weighted by atomic mass is 35.5. The van der Waals surface area contributed by atoms with Crippen LogP contribution in [-0.2, 0) is 14.8 Å². The molecule has 27 heavy (non-hydrogen) atoms. The highest BCUT2D eigenvalue weighted by Crippen LogP contribution is 2.20. The molecule has 1 atom stereocenters. The third-order valence-corrected chi connectivity index (χ3v) is 6.62. The van der Waals surface area contributed by atoms with Gasteiger partial charge in [0, 0.05) is 58.3 Å². The topological polar surface area (TPSA) is 104 Å². The zero-order valence-electron chi connectivity index (χ0n) is 15.8. The van der Waals surface area contributed by atoms with E-state index in [0.29, 0.717) is 25.2 Å². The average molecular weight is 419 g/mol. The van der Waals surface area contributed by atoms with Crippen LogP contribution in [0.4, 0.5) is 0 Å². The molecule has 1 aliphatic rings. The van der Waals surface area contributed by atoms with Gasteiger partial charge in [0.2, 0.25) is 15.9 Å². The van der Waals surface area contributed by atoms with E-state index in [0.717, 1.165) is 0 Å². The van der Waals surface area contributed by atoms with Crippen molar-refractivity contribution in [2.45, 2.75) is 24.8 Å². The van der Waals surface area contributed by atoms with Crippen LogP contribution in [0.2, 0.25) is 0 Å². The number of carbonyl (C=O) groups is 2. The molecule has 1 heterocycles. The van der Waals surface area contributed by atoms with E-state index in [1.54, 1.807) is 24.1 Å². The van der Waals surface area contributed by atoms with Gasteiger partial charge in [0.15, 0.2) is 0 Å². The van der Waals surface area contributed by atoms with Gasteiger partial charge in [-0.2, -0.15) is 4.31 Å². The minimum Gasteiger partial charge on any atom is -0.340 e. The fourth-order valence-electron chi connectivity index (χ4n) is 2.74. The van der Waals surface area contributed by atoms with Crippen molar-refractivity contribution in [3.8, 4) is 0 Å². The van der Waals surface area contributed by atoms with Gasteiger partial charge in [0.25, 0.3) is 5.91 Å². The molecular weight excluding hydrogens is 392 g/mol. The van der Waals surface area contributed by atoms with Gasteiger partial charge >= 0.3 is 0 Å². The summed E-state index contributed by atoms with van der Waals surface area (Å²) in [6.45, 7) is 4.83. The summed E-state index contributed by atoms with van der Waals surface area (Å²) in [7, 11) is -2.08. The molecule has 1 saturated heterocycles. The highest BCUT2D eigenvalue weighted by molar-refractivity contribution is 7.89. The first-order valence-electron chi connectivity index (χ1n) is 8.51. The number of rotatable bonds is 5. The Balaban J connectivity index is 0.00000364. The van der Waals surface area contributed by atoms with Crippen molar-refractivity contribution in [2.24, 2.45) is 5.73 Å². The number of benzene rings is 1. The first-order valence-corrected chi connectivity index (χ1v) is 9.95. The van der Waals surface area contributed by atoms with Crippen molar-refractivity contribution in [1.82, 2.24) is 14.1 Å². The minimum atomic E-state index is -3.72. The summed E-state index contributed by atoms with van der Waals surface area (Å²) in [5, 5.41) is 0. The Morgan fingerprint density at radius 1 is 1.22 bits per heavy atom. The molecule has 152 valence electrons. The van der Waals surface area contributed by atoms with E-state index in [2.05, 4.69) is 0 Å². The summed E-state index contributed by atoms with van der Waals surface area (Å²) < 4.78 is 27.1. The van der Waals surface area contributed by atoms with Gasteiger partial charge in [-0.05, 0) is 25.1 Å². The third-order valence-electron chi connectivity index (χ3n) is 4.73. The number of hydrogen-bond donors (Lipinski definition) is 1. The normalized spacial score (nSPS) is 16.4. The second-order valence-corrected chi connectivity index (χ2v) is 8.38. The molecule has 1 aliphatic heterocycles. The lowest BCUT2D eigenvalue weighted by Gasteiger charge is -2.33. The van der Waals surface area contributed by atoms with Gasteiger partial charge in [0.05, 0.1) is 4.90 Å². The Kier molecular flexibility index (Phi) is 8.22. The predicted octanol–water partition coefficient (Wildman–Crippen LogP) is 0.380. The maximum atomic E-state index is 12.9. The third kappa shape index (κ3) is 5.19. The summed E-state index contributed by atoms with van der Waals surface area (Å²) in [5.74, 6) is -0.340. The summed E-state index contributed by atoms with van der Waals surface area (Å²) in [4.78, 5) is 27.1. The molecular formula is C17H27ClN4O4S. The lowest BCUT2D eigenvalue weighted by molar-refractivity contribution is -0.129. The lowest BCUT2D eigenvalue weighted by atomic mass is 10.2. The van der Waals surface area contributed by atoms with Crippen LogP contribution < -0.4 is 5.73 Å². The van der Waals surface area contributed by atoms with Gasteiger partial charge in [0.1, 0.15) is 0 Å². The summed E-state index contributed by atoms with van der Waals surface area (Å²) in [5.41, 5.74) is 5.90. The second kappa shape index (κ2) is 9.50. The van der Waals surface area contributed by atoms with E-state index >= 15 is 0 Å². The van der Waals surface area contributed by atoms with Gasteiger partial charge in [-0.15, -0.1) is 12.4 Å². The molecule has 0 bridgehead atoms. The largest absolute Gasteiger partial charge is 0.340 e. The van der Waals surface area contributed by atoms with Crippen LogP contribution in [0.3, 0.4) is 0 Å². The van der Waals surface area contributed by atoms with E-state index < -0.39 is 10.0 Å². The number of nitrogens with zero attached hydrogens (tertiary/aromatic N) is 3. The van der Waals surface area contributed by atoms with Gasteiger partial charge in [-0.25, -0.2) is 8.42 Å². The zero-order chi connectivity index (χ0) is 19.5. The van der Waals surface area contributed by atoms with E-state index in [9.17, 15) is 18.0 Å².